The van der Waals surface area contributed by atoms with E-state index in [1.807, 2.05) is 50.2 Å². The molecule has 2 aromatic rings. The molecule has 0 atom stereocenters. The standard InChI is InChI=1S/C21H19NO3S/c1-4-12-25-18-11-6-5-9-16(18)13-19-20(23)22(21(24)26-19)17-10-7-8-14(2)15(17)3/h4-11,13H,1,12H2,2-3H3/b19-13-. The maximum Gasteiger partial charge on any atom is 0.298 e. The Morgan fingerprint density at radius 3 is 2.65 bits per heavy atom. The van der Waals surface area contributed by atoms with E-state index in [-0.39, 0.29) is 11.1 Å². The predicted molar refractivity (Wildman–Crippen MR) is 107 cm³/mol. The molecule has 0 N–H and O–H groups in total. The first-order chi connectivity index (χ1) is 12.5. The second-order valence-electron chi connectivity index (χ2n) is 5.87. The first-order valence-corrected chi connectivity index (χ1v) is 9.01. The Morgan fingerprint density at radius 2 is 1.88 bits per heavy atom. The minimum absolute atomic E-state index is 0.292. The third-order valence-electron chi connectivity index (χ3n) is 4.17. The second-order valence-corrected chi connectivity index (χ2v) is 6.87. The van der Waals surface area contributed by atoms with Gasteiger partial charge in [-0.1, -0.05) is 43.0 Å². The van der Waals surface area contributed by atoms with Gasteiger partial charge in [0.1, 0.15) is 12.4 Å². The molecule has 1 aliphatic rings. The summed E-state index contributed by atoms with van der Waals surface area (Å²) in [5, 5.41) is -0.292. The number of hydrogen-bond donors (Lipinski definition) is 0. The summed E-state index contributed by atoms with van der Waals surface area (Å²) in [5.74, 6) is 0.332. The van der Waals surface area contributed by atoms with E-state index in [0.717, 1.165) is 28.5 Å². The number of hydrogen-bond acceptors (Lipinski definition) is 4. The molecule has 1 saturated heterocycles. The zero-order chi connectivity index (χ0) is 18.7. The molecule has 0 aliphatic carbocycles. The van der Waals surface area contributed by atoms with Crippen LogP contribution in [0.1, 0.15) is 16.7 Å². The minimum atomic E-state index is -0.313. The number of para-hydroxylation sites is 1. The highest BCUT2D eigenvalue weighted by atomic mass is 32.2. The van der Waals surface area contributed by atoms with Crippen molar-refractivity contribution in [3.63, 3.8) is 0 Å². The number of imide groups is 1. The number of rotatable bonds is 5. The number of nitrogens with zero attached hydrogens (tertiary/aromatic N) is 1. The van der Waals surface area contributed by atoms with Crippen molar-refractivity contribution < 1.29 is 14.3 Å². The van der Waals surface area contributed by atoms with Gasteiger partial charge in [-0.05, 0) is 54.9 Å². The predicted octanol–water partition coefficient (Wildman–Crippen LogP) is 5.11. The minimum Gasteiger partial charge on any atom is -0.489 e. The van der Waals surface area contributed by atoms with Crippen molar-refractivity contribution in [1.82, 2.24) is 0 Å². The highest BCUT2D eigenvalue weighted by molar-refractivity contribution is 8.19. The summed E-state index contributed by atoms with van der Waals surface area (Å²) in [7, 11) is 0. The molecule has 0 saturated carbocycles. The molecule has 0 unspecified atom stereocenters. The molecule has 1 heterocycles. The SMILES string of the molecule is C=CCOc1ccccc1/C=C1\SC(=O)N(c2cccc(C)c2C)C1=O. The average Bonchev–Trinajstić information content (AvgIpc) is 2.90. The van der Waals surface area contributed by atoms with Gasteiger partial charge in [-0.2, -0.15) is 0 Å². The van der Waals surface area contributed by atoms with Gasteiger partial charge in [-0.25, -0.2) is 4.90 Å². The van der Waals surface area contributed by atoms with Gasteiger partial charge in [0.05, 0.1) is 10.6 Å². The normalized spacial score (nSPS) is 15.6. The molecule has 0 spiro atoms. The Kier molecular flexibility index (Phi) is 5.28. The van der Waals surface area contributed by atoms with Crippen LogP contribution in [0.2, 0.25) is 0 Å². The number of carbonyl (C=O) groups excluding carboxylic acids is 2. The molecule has 0 aromatic heterocycles. The lowest BCUT2D eigenvalue weighted by atomic mass is 10.1. The van der Waals surface area contributed by atoms with Crippen molar-refractivity contribution in [2.75, 3.05) is 11.5 Å². The molecule has 1 aliphatic heterocycles. The van der Waals surface area contributed by atoms with Crippen molar-refractivity contribution in [3.8, 4) is 5.75 Å². The van der Waals surface area contributed by atoms with Crippen LogP contribution in [-0.2, 0) is 4.79 Å². The summed E-state index contributed by atoms with van der Waals surface area (Å²) < 4.78 is 5.62. The Morgan fingerprint density at radius 1 is 1.12 bits per heavy atom. The number of anilines is 1. The van der Waals surface area contributed by atoms with Crippen LogP contribution < -0.4 is 9.64 Å². The summed E-state index contributed by atoms with van der Waals surface area (Å²) in [6.45, 7) is 7.88. The molecule has 4 nitrogen and oxygen atoms in total. The molecule has 3 rings (SSSR count). The maximum atomic E-state index is 12.9. The van der Waals surface area contributed by atoms with Crippen molar-refractivity contribution in [1.29, 1.82) is 0 Å². The number of amides is 2. The fraction of sp³-hybridized carbons (Fsp3) is 0.143. The van der Waals surface area contributed by atoms with E-state index in [0.29, 0.717) is 22.9 Å². The molecular formula is C21H19NO3S. The van der Waals surface area contributed by atoms with Crippen LogP contribution in [0.15, 0.2) is 60.0 Å². The monoisotopic (exact) mass is 365 g/mol. The lowest BCUT2D eigenvalue weighted by Gasteiger charge is -2.16. The van der Waals surface area contributed by atoms with Gasteiger partial charge in [0.25, 0.3) is 11.1 Å². The molecular weight excluding hydrogens is 346 g/mol. The fourth-order valence-corrected chi connectivity index (χ4v) is 3.50. The lowest BCUT2D eigenvalue weighted by molar-refractivity contribution is -0.113. The van der Waals surface area contributed by atoms with Crippen LogP contribution in [0.25, 0.3) is 6.08 Å². The summed E-state index contributed by atoms with van der Waals surface area (Å²) >= 11 is 0.941. The smallest absolute Gasteiger partial charge is 0.298 e. The van der Waals surface area contributed by atoms with Gasteiger partial charge in [0, 0.05) is 5.56 Å². The number of benzene rings is 2. The van der Waals surface area contributed by atoms with Crippen molar-refractivity contribution in [2.24, 2.45) is 0 Å². The lowest BCUT2D eigenvalue weighted by Crippen LogP contribution is -2.28. The summed E-state index contributed by atoms with van der Waals surface area (Å²) in [5.41, 5.74) is 3.34. The molecule has 2 amide bonds. The highest BCUT2D eigenvalue weighted by Gasteiger charge is 2.37. The van der Waals surface area contributed by atoms with E-state index in [2.05, 4.69) is 6.58 Å². The summed E-state index contributed by atoms with van der Waals surface area (Å²) in [4.78, 5) is 27.0. The zero-order valence-electron chi connectivity index (χ0n) is 14.7. The van der Waals surface area contributed by atoms with Crippen LogP contribution in [-0.4, -0.2) is 17.8 Å². The molecule has 1 fully saturated rings. The van der Waals surface area contributed by atoms with Crippen LogP contribution >= 0.6 is 11.8 Å². The average molecular weight is 365 g/mol. The van der Waals surface area contributed by atoms with Gasteiger partial charge >= 0.3 is 0 Å². The number of aryl methyl sites for hydroxylation is 1. The van der Waals surface area contributed by atoms with Gasteiger partial charge in [-0.3, -0.25) is 9.59 Å². The molecule has 26 heavy (non-hydrogen) atoms. The van der Waals surface area contributed by atoms with Gasteiger partial charge in [0.2, 0.25) is 0 Å². The van der Waals surface area contributed by atoms with Gasteiger partial charge in [0.15, 0.2) is 0 Å². The van der Waals surface area contributed by atoms with Crippen molar-refractivity contribution in [3.05, 3.63) is 76.7 Å². The Hall–Kier alpha value is -2.79. The quantitative estimate of drug-likeness (QED) is 0.546. The Balaban J connectivity index is 1.96. The summed E-state index contributed by atoms with van der Waals surface area (Å²) in [6.07, 6.45) is 3.36. The summed E-state index contributed by atoms with van der Waals surface area (Å²) in [6, 6.07) is 13.0. The molecule has 0 radical (unpaired) electrons. The van der Waals surface area contributed by atoms with Crippen molar-refractivity contribution >= 4 is 34.7 Å². The number of carbonyl (C=O) groups is 2. The largest absolute Gasteiger partial charge is 0.489 e. The third-order valence-corrected chi connectivity index (χ3v) is 5.04. The van der Waals surface area contributed by atoms with Gasteiger partial charge in [-0.15, -0.1) is 0 Å². The Bertz CT molecular complexity index is 917. The first-order valence-electron chi connectivity index (χ1n) is 8.20. The number of thioether (sulfide) groups is 1. The Labute approximate surface area is 157 Å². The number of ether oxygens (including phenoxy) is 1. The van der Waals surface area contributed by atoms with E-state index in [4.69, 9.17) is 4.74 Å². The second kappa shape index (κ2) is 7.62. The van der Waals surface area contributed by atoms with E-state index in [9.17, 15) is 9.59 Å². The maximum absolute atomic E-state index is 12.9. The molecule has 5 heteroatoms. The topological polar surface area (TPSA) is 46.6 Å². The third kappa shape index (κ3) is 3.44. The molecule has 2 aromatic carbocycles. The zero-order valence-corrected chi connectivity index (χ0v) is 15.5. The van der Waals surface area contributed by atoms with E-state index >= 15 is 0 Å². The van der Waals surface area contributed by atoms with Crippen LogP contribution in [0.3, 0.4) is 0 Å². The molecule has 132 valence electrons. The molecule has 0 bridgehead atoms. The fourth-order valence-electron chi connectivity index (χ4n) is 2.67. The van der Waals surface area contributed by atoms with E-state index in [1.165, 1.54) is 4.90 Å². The van der Waals surface area contributed by atoms with Crippen LogP contribution in [0, 0.1) is 13.8 Å². The first kappa shape index (κ1) is 18.0. The van der Waals surface area contributed by atoms with E-state index < -0.39 is 0 Å². The van der Waals surface area contributed by atoms with Gasteiger partial charge < -0.3 is 4.74 Å². The highest BCUT2D eigenvalue weighted by Crippen LogP contribution is 2.38. The van der Waals surface area contributed by atoms with Crippen LogP contribution in [0.4, 0.5) is 10.5 Å². The van der Waals surface area contributed by atoms with Crippen LogP contribution in [0.5, 0.6) is 5.75 Å². The van der Waals surface area contributed by atoms with E-state index in [1.54, 1.807) is 18.2 Å². The van der Waals surface area contributed by atoms with Crippen molar-refractivity contribution in [2.45, 2.75) is 13.8 Å².